The average molecular weight is 489 g/mol. The van der Waals surface area contributed by atoms with Gasteiger partial charge in [-0.25, -0.2) is 0 Å². The van der Waals surface area contributed by atoms with Gasteiger partial charge in [-0.1, -0.05) is 91.3 Å². The van der Waals surface area contributed by atoms with Crippen LogP contribution in [-0.4, -0.2) is 62.4 Å². The van der Waals surface area contributed by atoms with E-state index in [1.54, 1.807) is 34.1 Å². The second-order valence-electron chi connectivity index (χ2n) is 10.5. The zero-order valence-electron chi connectivity index (χ0n) is 23.7. The van der Waals surface area contributed by atoms with Crippen molar-refractivity contribution >= 4 is 17.7 Å². The van der Waals surface area contributed by atoms with Gasteiger partial charge in [-0.2, -0.15) is 0 Å². The van der Waals surface area contributed by atoms with Gasteiger partial charge in [0.1, 0.15) is 6.04 Å². The van der Waals surface area contributed by atoms with Gasteiger partial charge in [-0.05, 0) is 24.9 Å². The fraction of sp³-hybridized carbons (Fsp3) is 0.607. The van der Waals surface area contributed by atoms with Crippen molar-refractivity contribution in [3.8, 4) is 0 Å². The van der Waals surface area contributed by atoms with Gasteiger partial charge in [0.15, 0.2) is 0 Å². The fourth-order valence-electron chi connectivity index (χ4n) is 3.60. The Bertz CT molecular complexity index is 842. The molecule has 1 aromatic carbocycles. The summed E-state index contributed by atoms with van der Waals surface area (Å²) in [5, 5.41) is 8.69. The van der Waals surface area contributed by atoms with Crippen LogP contribution in [-0.2, 0) is 19.8 Å². The van der Waals surface area contributed by atoms with Crippen molar-refractivity contribution in [1.82, 2.24) is 20.9 Å². The molecule has 0 aliphatic carbocycles. The summed E-state index contributed by atoms with van der Waals surface area (Å²) in [6, 6.07) is 8.58. The molecule has 1 aromatic rings. The maximum absolute atomic E-state index is 13.4. The van der Waals surface area contributed by atoms with Crippen molar-refractivity contribution in [1.29, 1.82) is 0 Å². The standard InChI is InChI=1S/C25H40N4O3.C3H8/c1-17(21(30)27-8)15-16-29(9)23(32)20(24(2,3)4)28-22(31)19(26-7)25(5,6)18-13-11-10-12-14-18;1-3-2/h10-15,19-20,26H,16H2,1-9H3,(H,27,30)(H,28,31);3H2,1-2H3/b17-15+;/t19-,20-;/m1./s1. The Morgan fingerprint density at radius 2 is 1.49 bits per heavy atom. The lowest BCUT2D eigenvalue weighted by atomic mass is 9.76. The maximum atomic E-state index is 13.4. The number of benzene rings is 1. The Balaban J connectivity index is 0.00000365. The summed E-state index contributed by atoms with van der Waals surface area (Å²) in [6.07, 6.45) is 2.95. The maximum Gasteiger partial charge on any atom is 0.246 e. The van der Waals surface area contributed by atoms with Gasteiger partial charge in [0.2, 0.25) is 17.7 Å². The van der Waals surface area contributed by atoms with E-state index in [1.807, 2.05) is 65.0 Å². The molecule has 7 heteroatoms. The molecule has 0 bridgehead atoms. The third kappa shape index (κ3) is 9.84. The van der Waals surface area contributed by atoms with Crippen LogP contribution < -0.4 is 16.0 Å². The molecule has 0 unspecified atom stereocenters. The summed E-state index contributed by atoms with van der Waals surface area (Å²) in [5.74, 6) is -0.634. The van der Waals surface area contributed by atoms with E-state index in [-0.39, 0.29) is 24.3 Å². The minimum absolute atomic E-state index is 0.188. The van der Waals surface area contributed by atoms with E-state index in [0.717, 1.165) is 5.56 Å². The number of likely N-dealkylation sites (N-methyl/N-ethyl adjacent to an activating group) is 3. The largest absolute Gasteiger partial charge is 0.355 e. The normalized spacial score (nSPS) is 13.6. The van der Waals surface area contributed by atoms with Crippen molar-refractivity contribution < 1.29 is 14.4 Å². The molecular weight excluding hydrogens is 440 g/mol. The lowest BCUT2D eigenvalue weighted by Crippen LogP contribution is -2.60. The molecule has 0 spiro atoms. The molecule has 0 saturated carbocycles. The number of hydrogen-bond acceptors (Lipinski definition) is 4. The highest BCUT2D eigenvalue weighted by Gasteiger charge is 2.40. The van der Waals surface area contributed by atoms with Gasteiger partial charge in [-0.3, -0.25) is 14.4 Å². The Morgan fingerprint density at radius 3 is 1.91 bits per heavy atom. The minimum atomic E-state index is -0.726. The molecule has 0 radical (unpaired) electrons. The highest BCUT2D eigenvalue weighted by atomic mass is 16.2. The predicted octanol–water partition coefficient (Wildman–Crippen LogP) is 3.65. The topological polar surface area (TPSA) is 90.5 Å². The summed E-state index contributed by atoms with van der Waals surface area (Å²) in [4.78, 5) is 39.9. The monoisotopic (exact) mass is 488 g/mol. The van der Waals surface area contributed by atoms with Gasteiger partial charge < -0.3 is 20.9 Å². The first-order chi connectivity index (χ1) is 16.2. The van der Waals surface area contributed by atoms with Crippen molar-refractivity contribution in [2.24, 2.45) is 5.41 Å². The Labute approximate surface area is 213 Å². The van der Waals surface area contributed by atoms with Crippen LogP contribution in [0.5, 0.6) is 0 Å². The van der Waals surface area contributed by atoms with Crippen LogP contribution in [0.4, 0.5) is 0 Å². The van der Waals surface area contributed by atoms with E-state index in [2.05, 4.69) is 29.8 Å². The number of carbonyl (C=O) groups is 3. The summed E-state index contributed by atoms with van der Waals surface area (Å²) < 4.78 is 0. The number of nitrogens with zero attached hydrogens (tertiary/aromatic N) is 1. The lowest BCUT2D eigenvalue weighted by molar-refractivity contribution is -0.139. The van der Waals surface area contributed by atoms with Crippen LogP contribution in [0, 0.1) is 5.41 Å². The number of hydrogen-bond donors (Lipinski definition) is 3. The molecule has 0 aromatic heterocycles. The Kier molecular flexibility index (Phi) is 13.5. The fourth-order valence-corrected chi connectivity index (χ4v) is 3.60. The Morgan fingerprint density at radius 1 is 0.971 bits per heavy atom. The molecular formula is C28H48N4O3. The van der Waals surface area contributed by atoms with Crippen LogP contribution in [0.2, 0.25) is 0 Å². The van der Waals surface area contributed by atoms with Gasteiger partial charge in [-0.15, -0.1) is 0 Å². The second-order valence-corrected chi connectivity index (χ2v) is 10.5. The second kappa shape index (κ2) is 14.7. The van der Waals surface area contributed by atoms with Crippen molar-refractivity contribution in [2.45, 2.75) is 79.3 Å². The molecule has 0 saturated heterocycles. The molecule has 7 nitrogen and oxygen atoms in total. The molecule has 0 aliphatic heterocycles. The van der Waals surface area contributed by atoms with Crippen molar-refractivity contribution in [2.75, 3.05) is 27.7 Å². The molecule has 3 amide bonds. The zero-order chi connectivity index (χ0) is 27.4. The lowest BCUT2D eigenvalue weighted by Gasteiger charge is -2.38. The molecule has 2 atom stereocenters. The molecule has 35 heavy (non-hydrogen) atoms. The zero-order valence-corrected chi connectivity index (χ0v) is 23.7. The average Bonchev–Trinajstić information content (AvgIpc) is 2.80. The third-order valence-electron chi connectivity index (χ3n) is 5.82. The van der Waals surface area contributed by atoms with E-state index in [9.17, 15) is 14.4 Å². The Hall–Kier alpha value is -2.67. The van der Waals surface area contributed by atoms with E-state index in [0.29, 0.717) is 5.57 Å². The van der Waals surface area contributed by atoms with E-state index in [1.165, 1.54) is 11.3 Å². The smallest absolute Gasteiger partial charge is 0.246 e. The number of rotatable bonds is 9. The molecule has 3 N–H and O–H groups in total. The summed E-state index contributed by atoms with van der Waals surface area (Å²) >= 11 is 0. The van der Waals surface area contributed by atoms with Crippen LogP contribution in [0.15, 0.2) is 42.0 Å². The summed E-state index contributed by atoms with van der Waals surface area (Å²) in [7, 11) is 4.99. The van der Waals surface area contributed by atoms with Gasteiger partial charge in [0.25, 0.3) is 0 Å². The third-order valence-corrected chi connectivity index (χ3v) is 5.82. The first kappa shape index (κ1) is 32.3. The van der Waals surface area contributed by atoms with E-state index < -0.39 is 22.9 Å². The predicted molar refractivity (Wildman–Crippen MR) is 145 cm³/mol. The molecule has 1 rings (SSSR count). The van der Waals surface area contributed by atoms with Gasteiger partial charge in [0.05, 0.1) is 6.04 Å². The number of nitrogens with one attached hydrogen (secondary N) is 3. The van der Waals surface area contributed by atoms with Crippen LogP contribution in [0.1, 0.15) is 67.4 Å². The van der Waals surface area contributed by atoms with Crippen molar-refractivity contribution in [3.63, 3.8) is 0 Å². The first-order valence-electron chi connectivity index (χ1n) is 12.4. The quantitative estimate of drug-likeness (QED) is 0.463. The highest BCUT2D eigenvalue weighted by molar-refractivity contribution is 5.93. The van der Waals surface area contributed by atoms with Crippen LogP contribution in [0.25, 0.3) is 0 Å². The SMILES string of the molecule is CCC.CNC(=O)/C(C)=C/CN(C)C(=O)[C@@H](NC(=O)[C@@H](NC)C(C)(C)c1ccccc1)C(C)(C)C. The summed E-state index contributed by atoms with van der Waals surface area (Å²) in [6.45, 7) is 16.0. The molecule has 0 heterocycles. The highest BCUT2D eigenvalue weighted by Crippen LogP contribution is 2.28. The van der Waals surface area contributed by atoms with Gasteiger partial charge >= 0.3 is 0 Å². The first-order valence-corrected chi connectivity index (χ1v) is 12.4. The van der Waals surface area contributed by atoms with E-state index >= 15 is 0 Å². The van der Waals surface area contributed by atoms with Crippen molar-refractivity contribution in [3.05, 3.63) is 47.5 Å². The number of carbonyl (C=O) groups excluding carboxylic acids is 3. The minimum Gasteiger partial charge on any atom is -0.355 e. The van der Waals surface area contributed by atoms with Crippen LogP contribution >= 0.6 is 0 Å². The van der Waals surface area contributed by atoms with Gasteiger partial charge in [0, 0.05) is 31.6 Å². The van der Waals surface area contributed by atoms with Crippen LogP contribution in [0.3, 0.4) is 0 Å². The molecule has 0 fully saturated rings. The van der Waals surface area contributed by atoms with E-state index in [4.69, 9.17) is 0 Å². The number of amides is 3. The molecule has 198 valence electrons. The summed E-state index contributed by atoms with van der Waals surface area (Å²) in [5.41, 5.74) is 0.559. The molecule has 0 aliphatic rings.